The summed E-state index contributed by atoms with van der Waals surface area (Å²) in [4.78, 5) is 4.27. The molecule has 6 heteroatoms. The zero-order chi connectivity index (χ0) is 25.4. The lowest BCUT2D eigenvalue weighted by atomic mass is 9.84. The first-order valence-corrected chi connectivity index (χ1v) is 13.2. The zero-order valence-corrected chi connectivity index (χ0v) is 22.1. The van der Waals surface area contributed by atoms with Crippen LogP contribution in [0.1, 0.15) is 37.0 Å². The predicted octanol–water partition coefficient (Wildman–Crippen LogP) is 6.23. The van der Waals surface area contributed by atoms with Crippen molar-refractivity contribution in [3.05, 3.63) is 101 Å². The van der Waals surface area contributed by atoms with Crippen molar-refractivity contribution in [2.75, 3.05) is 23.9 Å². The van der Waals surface area contributed by atoms with Crippen molar-refractivity contribution in [2.45, 2.75) is 44.6 Å². The summed E-state index contributed by atoms with van der Waals surface area (Å²) in [5.41, 5.74) is 5.49. The third-order valence-electron chi connectivity index (χ3n) is 6.72. The molecule has 5 nitrogen and oxygen atoms in total. The van der Waals surface area contributed by atoms with E-state index in [4.69, 9.17) is 0 Å². The van der Waals surface area contributed by atoms with E-state index < -0.39 is 15.6 Å². The molecule has 0 saturated carbocycles. The highest BCUT2D eigenvalue weighted by Crippen LogP contribution is 2.48. The van der Waals surface area contributed by atoms with E-state index >= 15 is 0 Å². The van der Waals surface area contributed by atoms with Gasteiger partial charge in [-0.05, 0) is 58.0 Å². The van der Waals surface area contributed by atoms with Crippen molar-refractivity contribution in [1.29, 1.82) is 0 Å². The van der Waals surface area contributed by atoms with Crippen LogP contribution in [0.5, 0.6) is 0 Å². The summed E-state index contributed by atoms with van der Waals surface area (Å²) in [7, 11) is -0.0245. The third kappa shape index (κ3) is 4.50. The Balaban J connectivity index is 2.00. The molecule has 4 rings (SSSR count). The van der Waals surface area contributed by atoms with Crippen LogP contribution in [-0.2, 0) is 15.6 Å². The first-order valence-electron chi connectivity index (χ1n) is 11.8. The van der Waals surface area contributed by atoms with Gasteiger partial charge in [0.1, 0.15) is 5.54 Å². The molecule has 0 spiro atoms. The largest absolute Gasteiger partial charge is 0.358 e. The summed E-state index contributed by atoms with van der Waals surface area (Å²) in [6, 6.07) is 23.2. The Hall–Kier alpha value is -3.38. The standard InChI is InChI=1S/C29H33N3O2S/c1-21(2)19-20-29(32(6)24-15-11-22(3)12-16-24)26-9-7-8-10-27(26)31(5)28(29)30-35(33,34)25-17-13-23(4)14-18-25/h7-19H,20H2,1-6H3/b30-28-. The number of hydrogen-bond acceptors (Lipinski definition) is 3. The maximum absolute atomic E-state index is 13.6. The number of sulfonamides is 1. The van der Waals surface area contributed by atoms with Gasteiger partial charge in [0.25, 0.3) is 10.0 Å². The van der Waals surface area contributed by atoms with Crippen molar-refractivity contribution in [3.63, 3.8) is 0 Å². The van der Waals surface area contributed by atoms with Crippen molar-refractivity contribution >= 4 is 27.2 Å². The fraction of sp³-hybridized carbons (Fsp3) is 0.276. The van der Waals surface area contributed by atoms with Gasteiger partial charge < -0.3 is 9.80 Å². The van der Waals surface area contributed by atoms with Gasteiger partial charge in [-0.2, -0.15) is 8.42 Å². The number of amidine groups is 1. The molecule has 0 fully saturated rings. The van der Waals surface area contributed by atoms with Crippen LogP contribution in [0.2, 0.25) is 0 Å². The molecule has 1 atom stereocenters. The van der Waals surface area contributed by atoms with Gasteiger partial charge in [-0.3, -0.25) is 0 Å². The molecule has 0 amide bonds. The van der Waals surface area contributed by atoms with E-state index in [1.807, 2.05) is 44.1 Å². The van der Waals surface area contributed by atoms with Crippen LogP contribution in [0.4, 0.5) is 11.4 Å². The molecule has 1 aliphatic rings. The molecule has 3 aromatic rings. The molecule has 1 aliphatic heterocycles. The average Bonchev–Trinajstić information content (AvgIpc) is 3.06. The number of fused-ring (bicyclic) bond motifs is 1. The van der Waals surface area contributed by atoms with Crippen LogP contribution in [-0.4, -0.2) is 28.3 Å². The lowest BCUT2D eigenvalue weighted by Gasteiger charge is -2.41. The Morgan fingerprint density at radius 3 is 2.11 bits per heavy atom. The fourth-order valence-corrected chi connectivity index (χ4v) is 5.74. The fourth-order valence-electron chi connectivity index (χ4n) is 4.65. The van der Waals surface area contributed by atoms with Crippen molar-refractivity contribution in [2.24, 2.45) is 4.40 Å². The monoisotopic (exact) mass is 487 g/mol. The van der Waals surface area contributed by atoms with Gasteiger partial charge in [0.2, 0.25) is 0 Å². The molecule has 0 aromatic heterocycles. The van der Waals surface area contributed by atoms with Crippen LogP contribution in [0.15, 0.2) is 93.7 Å². The second-order valence-corrected chi connectivity index (χ2v) is 11.1. The Morgan fingerprint density at radius 1 is 0.943 bits per heavy atom. The van der Waals surface area contributed by atoms with Crippen LogP contribution >= 0.6 is 0 Å². The van der Waals surface area contributed by atoms with E-state index in [0.29, 0.717) is 12.3 Å². The van der Waals surface area contributed by atoms with Crippen molar-refractivity contribution in [1.82, 2.24) is 0 Å². The van der Waals surface area contributed by atoms with E-state index in [9.17, 15) is 8.42 Å². The molecule has 1 heterocycles. The summed E-state index contributed by atoms with van der Waals surface area (Å²) < 4.78 is 31.7. The predicted molar refractivity (Wildman–Crippen MR) is 146 cm³/mol. The first-order chi connectivity index (χ1) is 16.6. The van der Waals surface area contributed by atoms with Gasteiger partial charge in [-0.15, -0.1) is 4.40 Å². The van der Waals surface area contributed by atoms with E-state index in [-0.39, 0.29) is 4.90 Å². The lowest BCUT2D eigenvalue weighted by molar-refractivity contribution is 0.572. The molecule has 0 N–H and O–H groups in total. The number of allylic oxidation sites excluding steroid dienone is 1. The zero-order valence-electron chi connectivity index (χ0n) is 21.3. The Bertz CT molecular complexity index is 1390. The Labute approximate surface area is 209 Å². The molecular weight excluding hydrogens is 454 g/mol. The summed E-state index contributed by atoms with van der Waals surface area (Å²) in [6.45, 7) is 8.11. The van der Waals surface area contributed by atoms with Gasteiger partial charge >= 0.3 is 0 Å². The molecule has 1 unspecified atom stereocenters. The number of nitrogens with zero attached hydrogens (tertiary/aromatic N) is 3. The minimum absolute atomic E-state index is 0.189. The highest BCUT2D eigenvalue weighted by molar-refractivity contribution is 7.90. The van der Waals surface area contributed by atoms with E-state index in [1.54, 1.807) is 24.3 Å². The van der Waals surface area contributed by atoms with Crippen LogP contribution < -0.4 is 9.80 Å². The van der Waals surface area contributed by atoms with E-state index in [0.717, 1.165) is 28.1 Å². The number of para-hydroxylation sites is 1. The van der Waals surface area contributed by atoms with Gasteiger partial charge in [-0.25, -0.2) is 0 Å². The molecule has 3 aromatic carbocycles. The van der Waals surface area contributed by atoms with Gasteiger partial charge in [0.05, 0.1) is 4.90 Å². The van der Waals surface area contributed by atoms with Crippen LogP contribution in [0, 0.1) is 13.8 Å². The molecular formula is C29H33N3O2S. The van der Waals surface area contributed by atoms with Crippen molar-refractivity contribution < 1.29 is 8.42 Å². The maximum atomic E-state index is 13.6. The quantitative estimate of drug-likeness (QED) is 0.387. The molecule has 0 bridgehead atoms. The topological polar surface area (TPSA) is 53.0 Å². The van der Waals surface area contributed by atoms with E-state index in [2.05, 4.69) is 66.5 Å². The smallest absolute Gasteiger partial charge is 0.284 e. The second kappa shape index (κ2) is 9.34. The summed E-state index contributed by atoms with van der Waals surface area (Å²) >= 11 is 0. The minimum Gasteiger partial charge on any atom is -0.358 e. The van der Waals surface area contributed by atoms with Crippen molar-refractivity contribution in [3.8, 4) is 0 Å². The number of benzene rings is 3. The molecule has 0 aliphatic carbocycles. The Morgan fingerprint density at radius 2 is 1.51 bits per heavy atom. The Kier molecular flexibility index (Phi) is 6.60. The maximum Gasteiger partial charge on any atom is 0.284 e. The first kappa shape index (κ1) is 24.7. The summed E-state index contributed by atoms with van der Waals surface area (Å²) in [6.07, 6.45) is 2.73. The number of hydrogen-bond donors (Lipinski definition) is 0. The number of anilines is 2. The van der Waals surface area contributed by atoms with Gasteiger partial charge in [-0.1, -0.05) is 65.2 Å². The highest BCUT2D eigenvalue weighted by Gasteiger charge is 2.51. The normalized spacial score (nSPS) is 18.5. The number of rotatable bonds is 6. The lowest BCUT2D eigenvalue weighted by Crippen LogP contribution is -2.51. The summed E-state index contributed by atoms with van der Waals surface area (Å²) in [5, 5.41) is 0. The summed E-state index contributed by atoms with van der Waals surface area (Å²) in [5.74, 6) is 0.486. The van der Waals surface area contributed by atoms with E-state index in [1.165, 1.54) is 5.56 Å². The highest BCUT2D eigenvalue weighted by atomic mass is 32.2. The van der Waals surface area contributed by atoms with Gasteiger partial charge in [0.15, 0.2) is 5.84 Å². The number of likely N-dealkylation sites (N-methyl/N-ethyl adjacent to an activating group) is 2. The van der Waals surface area contributed by atoms with Crippen LogP contribution in [0.3, 0.4) is 0 Å². The number of aryl methyl sites for hydroxylation is 2. The molecule has 35 heavy (non-hydrogen) atoms. The average molecular weight is 488 g/mol. The molecule has 0 radical (unpaired) electrons. The SMILES string of the molecule is CC(C)=CCC1(N(C)c2ccc(C)cc2)/C(=N/S(=O)(=O)c2ccc(C)cc2)N(C)c2ccccc21. The third-order valence-corrected chi connectivity index (χ3v) is 8.00. The molecule has 0 saturated heterocycles. The van der Waals surface area contributed by atoms with Crippen LogP contribution in [0.25, 0.3) is 0 Å². The van der Waals surface area contributed by atoms with Gasteiger partial charge in [0, 0.05) is 37.5 Å². The molecule has 182 valence electrons. The second-order valence-electron chi connectivity index (χ2n) is 9.52. The minimum atomic E-state index is -3.94.